The zero-order valence-electron chi connectivity index (χ0n) is 23.8. The zero-order valence-corrected chi connectivity index (χ0v) is 23.8. The summed E-state index contributed by atoms with van der Waals surface area (Å²) in [4.78, 5) is 30.1. The second kappa shape index (κ2) is 13.0. The first-order chi connectivity index (χ1) is 21.4. The third kappa shape index (κ3) is 6.53. The molecule has 2 atom stereocenters. The zero-order chi connectivity index (χ0) is 30.6. The van der Waals surface area contributed by atoms with Crippen molar-refractivity contribution in [1.29, 1.82) is 5.26 Å². The summed E-state index contributed by atoms with van der Waals surface area (Å²) < 4.78 is 51.2. The Morgan fingerprint density at radius 1 is 1.07 bits per heavy atom. The second-order valence-corrected chi connectivity index (χ2v) is 10.9. The van der Waals surface area contributed by atoms with Crippen LogP contribution < -0.4 is 15.0 Å². The van der Waals surface area contributed by atoms with Gasteiger partial charge in [-0.25, -0.2) is 14.4 Å². The summed E-state index contributed by atoms with van der Waals surface area (Å²) in [5, 5.41) is 12.9. The van der Waals surface area contributed by atoms with Crippen LogP contribution in [0.15, 0.2) is 48.8 Å². The molecule has 2 aromatic carbocycles. The van der Waals surface area contributed by atoms with Crippen molar-refractivity contribution in [2.24, 2.45) is 0 Å². The van der Waals surface area contributed by atoms with Crippen LogP contribution in [-0.2, 0) is 9.53 Å². The molecule has 0 bridgehead atoms. The number of ether oxygens (including phenoxy) is 2. The van der Waals surface area contributed by atoms with Gasteiger partial charge >= 0.3 is 6.43 Å². The summed E-state index contributed by atoms with van der Waals surface area (Å²) in [5.41, 5.74) is 2.61. The number of nitriles is 1. The predicted molar refractivity (Wildman–Crippen MR) is 155 cm³/mol. The smallest absolute Gasteiger partial charge is 0.315 e. The fraction of sp³-hybridized carbons (Fsp3) is 0.433. The first-order valence-electron chi connectivity index (χ1n) is 14.4. The molecular weight excluding hydrogens is 577 g/mol. The molecule has 0 radical (unpaired) electrons. The molecule has 3 fully saturated rings. The summed E-state index contributed by atoms with van der Waals surface area (Å²) >= 11 is 0. The number of nitrogens with one attached hydrogen (secondary N) is 1. The number of benzene rings is 2. The molecule has 0 saturated carbocycles. The summed E-state index contributed by atoms with van der Waals surface area (Å²) in [5.74, 6) is -0.619. The van der Waals surface area contributed by atoms with Gasteiger partial charge in [0, 0.05) is 56.1 Å². The van der Waals surface area contributed by atoms with Gasteiger partial charge in [0.25, 0.3) is 5.91 Å². The van der Waals surface area contributed by atoms with Crippen molar-refractivity contribution in [2.75, 3.05) is 62.7 Å². The minimum atomic E-state index is -3.19. The minimum Gasteiger partial charge on any atom is -0.486 e. The van der Waals surface area contributed by atoms with Crippen LogP contribution in [0.1, 0.15) is 12.0 Å². The summed E-state index contributed by atoms with van der Waals surface area (Å²) in [6.45, 7) is 5.06. The first-order valence-corrected chi connectivity index (χ1v) is 14.4. The number of piperazine rings is 1. The Hall–Kier alpha value is -4.48. The van der Waals surface area contributed by atoms with Crippen LogP contribution in [0.25, 0.3) is 11.4 Å². The van der Waals surface area contributed by atoms with E-state index in [1.54, 1.807) is 6.07 Å². The average molecular weight is 609 g/mol. The van der Waals surface area contributed by atoms with E-state index in [2.05, 4.69) is 42.2 Å². The number of nitrogens with zero attached hydrogens (tertiary/aromatic N) is 7. The highest BCUT2D eigenvalue weighted by Crippen LogP contribution is 2.29. The van der Waals surface area contributed by atoms with Crippen LogP contribution in [0.5, 0.6) is 5.75 Å². The Labute approximate surface area is 252 Å². The summed E-state index contributed by atoms with van der Waals surface area (Å²) in [6.07, 6.45) is -4.47. The molecule has 11 nitrogen and oxygen atoms in total. The van der Waals surface area contributed by atoms with Gasteiger partial charge in [0.05, 0.1) is 31.4 Å². The molecule has 0 spiro atoms. The van der Waals surface area contributed by atoms with Crippen molar-refractivity contribution < 1.29 is 27.4 Å². The van der Waals surface area contributed by atoms with Gasteiger partial charge in [0.2, 0.25) is 5.95 Å². The van der Waals surface area contributed by atoms with Gasteiger partial charge < -0.3 is 24.6 Å². The third-order valence-electron chi connectivity index (χ3n) is 8.13. The summed E-state index contributed by atoms with van der Waals surface area (Å²) in [7, 11) is 0. The van der Waals surface area contributed by atoms with Gasteiger partial charge in [-0.2, -0.15) is 19.0 Å². The SMILES string of the molecule is N#Cc1cc(-c2ncnc(Nc3ccc(N4CCN(C5COC5)CC4)cc3)n2)ccc1OC1CCN(C(=O)C(F)F)CC1F. The molecule has 230 valence electrons. The van der Waals surface area contributed by atoms with Gasteiger partial charge in [-0.1, -0.05) is 0 Å². The number of likely N-dealkylation sites (tertiary alicyclic amines) is 1. The largest absolute Gasteiger partial charge is 0.486 e. The molecule has 1 N–H and O–H groups in total. The maximum atomic E-state index is 14.7. The van der Waals surface area contributed by atoms with Gasteiger partial charge in [-0.05, 0) is 42.5 Å². The van der Waals surface area contributed by atoms with Crippen molar-refractivity contribution in [3.05, 3.63) is 54.4 Å². The minimum absolute atomic E-state index is 0.0165. The van der Waals surface area contributed by atoms with E-state index in [1.807, 2.05) is 18.2 Å². The fourth-order valence-corrected chi connectivity index (χ4v) is 5.54. The first kappa shape index (κ1) is 29.6. The van der Waals surface area contributed by atoms with Crippen LogP contribution >= 0.6 is 0 Å². The van der Waals surface area contributed by atoms with E-state index in [0.29, 0.717) is 23.4 Å². The molecule has 1 aromatic heterocycles. The van der Waals surface area contributed by atoms with E-state index in [9.17, 15) is 23.2 Å². The molecule has 44 heavy (non-hydrogen) atoms. The standard InChI is InChI=1S/C30H31F3N8O3/c31-24-15-41(29(42)27(32)33)8-7-26(24)44-25-6-1-19(13-20(25)14-34)28-35-18-36-30(38-28)37-21-2-4-22(5-3-21)39-9-11-40(12-10-39)23-16-43-17-23/h1-6,13,18,23-24,26-27H,7-12,15-17H2,(H,35,36,37,38). The fourth-order valence-electron chi connectivity index (χ4n) is 5.54. The van der Waals surface area contributed by atoms with E-state index in [1.165, 1.54) is 18.5 Å². The molecule has 4 heterocycles. The normalized spacial score (nSPS) is 21.1. The molecule has 3 saturated heterocycles. The molecule has 3 aliphatic heterocycles. The van der Waals surface area contributed by atoms with Crippen LogP contribution in [0.2, 0.25) is 0 Å². The Morgan fingerprint density at radius 3 is 2.50 bits per heavy atom. The Kier molecular flexibility index (Phi) is 8.76. The predicted octanol–water partition coefficient (Wildman–Crippen LogP) is 3.26. The monoisotopic (exact) mass is 608 g/mol. The van der Waals surface area contributed by atoms with Gasteiger partial charge in [-0.15, -0.1) is 0 Å². The van der Waals surface area contributed by atoms with E-state index in [4.69, 9.17) is 9.47 Å². The number of aromatic nitrogens is 3. The Bertz CT molecular complexity index is 1510. The molecule has 2 unspecified atom stereocenters. The molecule has 1 amide bonds. The quantitative estimate of drug-likeness (QED) is 0.408. The highest BCUT2D eigenvalue weighted by Gasteiger charge is 2.36. The number of carbonyl (C=O) groups excluding carboxylic acids is 1. The van der Waals surface area contributed by atoms with Crippen LogP contribution in [0.3, 0.4) is 0 Å². The lowest BCUT2D eigenvalue weighted by atomic mass is 10.0. The molecule has 3 aliphatic rings. The average Bonchev–Trinajstić information content (AvgIpc) is 3.02. The number of piperidine rings is 1. The lowest BCUT2D eigenvalue weighted by molar-refractivity contribution is -0.146. The maximum absolute atomic E-state index is 14.7. The number of anilines is 3. The number of carbonyl (C=O) groups is 1. The molecule has 3 aromatic rings. The topological polar surface area (TPSA) is 120 Å². The number of hydrogen-bond acceptors (Lipinski definition) is 10. The van der Waals surface area contributed by atoms with Gasteiger partial charge in [-0.3, -0.25) is 9.69 Å². The maximum Gasteiger partial charge on any atom is 0.315 e. The van der Waals surface area contributed by atoms with Gasteiger partial charge in [0.15, 0.2) is 12.0 Å². The van der Waals surface area contributed by atoms with Crippen LogP contribution in [0, 0.1) is 11.3 Å². The molecule has 0 aliphatic carbocycles. The van der Waals surface area contributed by atoms with E-state index in [0.717, 1.165) is 55.7 Å². The molecular formula is C30H31F3N8O3. The van der Waals surface area contributed by atoms with Crippen LogP contribution in [0.4, 0.5) is 30.5 Å². The van der Waals surface area contributed by atoms with Gasteiger partial charge in [0.1, 0.15) is 24.3 Å². The van der Waals surface area contributed by atoms with Crippen molar-refractivity contribution in [3.8, 4) is 23.2 Å². The molecule has 14 heteroatoms. The van der Waals surface area contributed by atoms with E-state index < -0.39 is 31.2 Å². The van der Waals surface area contributed by atoms with E-state index >= 15 is 0 Å². The number of rotatable bonds is 8. The van der Waals surface area contributed by atoms with Crippen molar-refractivity contribution in [3.63, 3.8) is 0 Å². The number of halogens is 3. The van der Waals surface area contributed by atoms with Crippen molar-refractivity contribution >= 4 is 23.2 Å². The molecule has 6 rings (SSSR count). The van der Waals surface area contributed by atoms with Crippen molar-refractivity contribution in [2.45, 2.75) is 31.2 Å². The number of alkyl halides is 3. The number of amides is 1. The van der Waals surface area contributed by atoms with E-state index in [-0.39, 0.29) is 24.3 Å². The highest BCUT2D eigenvalue weighted by molar-refractivity contribution is 5.79. The Morgan fingerprint density at radius 2 is 1.84 bits per heavy atom. The second-order valence-electron chi connectivity index (χ2n) is 10.9. The number of hydrogen-bond donors (Lipinski definition) is 1. The highest BCUT2D eigenvalue weighted by atomic mass is 19.3. The third-order valence-corrected chi connectivity index (χ3v) is 8.13. The lowest BCUT2D eigenvalue weighted by Crippen LogP contribution is -2.56. The van der Waals surface area contributed by atoms with Crippen molar-refractivity contribution in [1.82, 2.24) is 24.8 Å². The Balaban J connectivity index is 1.07. The van der Waals surface area contributed by atoms with Crippen LogP contribution in [-0.4, -0.2) is 108 Å². The lowest BCUT2D eigenvalue weighted by Gasteiger charge is -2.43. The summed E-state index contributed by atoms with van der Waals surface area (Å²) in [6, 6.07) is 15.4.